The van der Waals surface area contributed by atoms with Crippen molar-refractivity contribution in [3.8, 4) is 0 Å². The van der Waals surface area contributed by atoms with Crippen LogP contribution in [-0.4, -0.2) is 52.9 Å². The van der Waals surface area contributed by atoms with Gasteiger partial charge in [-0.15, -0.1) is 0 Å². The lowest BCUT2D eigenvalue weighted by molar-refractivity contribution is -0.124. The van der Waals surface area contributed by atoms with Crippen LogP contribution in [0.25, 0.3) is 0 Å². The Morgan fingerprint density at radius 3 is 2.50 bits per heavy atom. The molecule has 1 unspecified atom stereocenters. The van der Waals surface area contributed by atoms with Gasteiger partial charge in [0.25, 0.3) is 5.91 Å². The zero-order valence-electron chi connectivity index (χ0n) is 16.6. The molecular weight excluding hydrogens is 330 g/mol. The lowest BCUT2D eigenvalue weighted by Crippen LogP contribution is -2.53. The Morgan fingerprint density at radius 2 is 1.92 bits per heavy atom. The first-order valence-corrected chi connectivity index (χ1v) is 9.52. The van der Waals surface area contributed by atoms with Gasteiger partial charge in [0.2, 0.25) is 5.91 Å². The van der Waals surface area contributed by atoms with Gasteiger partial charge in [-0.1, -0.05) is 20.8 Å². The summed E-state index contributed by atoms with van der Waals surface area (Å²) in [4.78, 5) is 32.3. The lowest BCUT2D eigenvalue weighted by atomic mass is 9.86. The van der Waals surface area contributed by atoms with Crippen LogP contribution in [0.5, 0.6) is 0 Å². The van der Waals surface area contributed by atoms with Crippen molar-refractivity contribution >= 4 is 11.8 Å². The molecule has 0 bridgehead atoms. The third-order valence-electron chi connectivity index (χ3n) is 5.25. The summed E-state index contributed by atoms with van der Waals surface area (Å²) in [5.41, 5.74) is 1.08. The molecule has 7 nitrogen and oxygen atoms in total. The van der Waals surface area contributed by atoms with Gasteiger partial charge in [0, 0.05) is 26.1 Å². The van der Waals surface area contributed by atoms with Gasteiger partial charge in [0.15, 0.2) is 5.69 Å². The molecule has 2 N–H and O–H groups in total. The summed E-state index contributed by atoms with van der Waals surface area (Å²) in [5, 5.41) is 5.59. The maximum Gasteiger partial charge on any atom is 0.272 e. The van der Waals surface area contributed by atoms with Crippen molar-refractivity contribution in [3.05, 3.63) is 17.2 Å². The van der Waals surface area contributed by atoms with Gasteiger partial charge < -0.3 is 20.1 Å². The summed E-state index contributed by atoms with van der Waals surface area (Å²) in [6.07, 6.45) is 3.36. The Labute approximate surface area is 155 Å². The molecule has 1 aromatic heterocycles. The van der Waals surface area contributed by atoms with Crippen LogP contribution in [-0.2, 0) is 17.9 Å². The van der Waals surface area contributed by atoms with Crippen molar-refractivity contribution in [1.29, 1.82) is 0 Å². The average Bonchev–Trinajstić information content (AvgIpc) is 3.37. The molecule has 2 aliphatic rings. The fourth-order valence-corrected chi connectivity index (χ4v) is 3.60. The minimum atomic E-state index is -0.606. The van der Waals surface area contributed by atoms with E-state index in [1.165, 1.54) is 0 Å². The summed E-state index contributed by atoms with van der Waals surface area (Å²) in [6.45, 7) is 8.47. The van der Waals surface area contributed by atoms with Crippen LogP contribution in [0.4, 0.5) is 0 Å². The average molecular weight is 361 g/mol. The van der Waals surface area contributed by atoms with Crippen molar-refractivity contribution in [2.45, 2.75) is 65.1 Å². The number of imidazole rings is 1. The van der Waals surface area contributed by atoms with Crippen LogP contribution in [0.3, 0.4) is 0 Å². The van der Waals surface area contributed by atoms with E-state index in [2.05, 4.69) is 27.1 Å². The molecule has 1 aliphatic carbocycles. The van der Waals surface area contributed by atoms with Crippen LogP contribution in [0.2, 0.25) is 0 Å². The van der Waals surface area contributed by atoms with Crippen LogP contribution in [0.1, 0.15) is 68.0 Å². The summed E-state index contributed by atoms with van der Waals surface area (Å²) >= 11 is 0. The molecule has 26 heavy (non-hydrogen) atoms. The number of carbonyl (C=O) groups is 2. The number of hydrogen-bond acceptors (Lipinski definition) is 4. The van der Waals surface area contributed by atoms with Gasteiger partial charge in [-0.3, -0.25) is 9.59 Å². The van der Waals surface area contributed by atoms with Crippen molar-refractivity contribution in [1.82, 2.24) is 25.1 Å². The second-order valence-corrected chi connectivity index (χ2v) is 8.67. The third-order valence-corrected chi connectivity index (χ3v) is 5.25. The number of fused-ring (bicyclic) bond motifs is 1. The molecule has 144 valence electrons. The van der Waals surface area contributed by atoms with Crippen molar-refractivity contribution in [2.75, 3.05) is 20.6 Å². The van der Waals surface area contributed by atoms with Crippen LogP contribution < -0.4 is 10.6 Å². The van der Waals surface area contributed by atoms with E-state index in [1.54, 1.807) is 7.05 Å². The van der Waals surface area contributed by atoms with Crippen molar-refractivity contribution < 1.29 is 9.59 Å². The number of aromatic nitrogens is 2. The first-order chi connectivity index (χ1) is 12.2. The minimum absolute atomic E-state index is 0.185. The number of likely N-dealkylation sites (N-methyl/N-ethyl adjacent to an activating group) is 1. The number of hydrogen-bond donors (Lipinski definition) is 2. The molecule has 1 saturated carbocycles. The summed E-state index contributed by atoms with van der Waals surface area (Å²) in [7, 11) is 3.67. The molecule has 1 aromatic rings. The smallest absolute Gasteiger partial charge is 0.272 e. The fraction of sp³-hybridized carbons (Fsp3) is 0.737. The highest BCUT2D eigenvalue weighted by atomic mass is 16.2. The quantitative estimate of drug-likeness (QED) is 0.852. The van der Waals surface area contributed by atoms with Gasteiger partial charge in [-0.25, -0.2) is 4.98 Å². The zero-order valence-corrected chi connectivity index (χ0v) is 16.6. The highest BCUT2D eigenvalue weighted by Gasteiger charge is 2.36. The second-order valence-electron chi connectivity index (χ2n) is 8.67. The van der Waals surface area contributed by atoms with Crippen molar-refractivity contribution in [2.24, 2.45) is 5.41 Å². The predicted molar refractivity (Wildman–Crippen MR) is 99.9 cm³/mol. The van der Waals surface area contributed by atoms with E-state index in [4.69, 9.17) is 4.98 Å². The highest BCUT2D eigenvalue weighted by Crippen LogP contribution is 2.40. The molecule has 2 amide bonds. The topological polar surface area (TPSA) is 79.3 Å². The fourth-order valence-electron chi connectivity index (χ4n) is 3.60. The lowest BCUT2D eigenvalue weighted by Gasteiger charge is -2.29. The summed E-state index contributed by atoms with van der Waals surface area (Å²) < 4.78 is 2.25. The molecule has 1 atom stereocenters. The molecule has 3 rings (SSSR count). The van der Waals surface area contributed by atoms with E-state index in [9.17, 15) is 9.59 Å². The maximum absolute atomic E-state index is 13.1. The standard InChI is InChI=1S/C19H31N5O2/c1-19(2,3)15(18(26)20-4)22-17(25)14-13-11-23(5)9-6-10-24(13)16(21-14)12-7-8-12/h12,15H,6-11H2,1-5H3,(H,20,26)(H,22,25). The SMILES string of the molecule is CNC(=O)C(NC(=O)c1nc(C2CC2)n2c1CN(C)CCC2)C(C)(C)C. The molecule has 0 spiro atoms. The molecule has 2 heterocycles. The van der Waals surface area contributed by atoms with Gasteiger partial charge in [-0.05, 0) is 38.3 Å². The number of amides is 2. The number of carbonyl (C=O) groups excluding carboxylic acids is 2. The first kappa shape index (κ1) is 18.9. The van der Waals surface area contributed by atoms with Gasteiger partial charge in [-0.2, -0.15) is 0 Å². The molecule has 0 radical (unpaired) electrons. The predicted octanol–water partition coefficient (Wildman–Crippen LogP) is 1.49. The minimum Gasteiger partial charge on any atom is -0.357 e. The highest BCUT2D eigenvalue weighted by molar-refractivity contribution is 5.97. The maximum atomic E-state index is 13.1. The molecule has 1 aliphatic heterocycles. The first-order valence-electron chi connectivity index (χ1n) is 9.52. The Morgan fingerprint density at radius 1 is 1.23 bits per heavy atom. The van der Waals surface area contributed by atoms with E-state index in [0.29, 0.717) is 18.2 Å². The van der Waals surface area contributed by atoms with Crippen LogP contribution >= 0.6 is 0 Å². The molecule has 0 saturated heterocycles. The molecule has 7 heteroatoms. The summed E-state index contributed by atoms with van der Waals surface area (Å²) in [5.74, 6) is 1.10. The van der Waals surface area contributed by atoms with Gasteiger partial charge >= 0.3 is 0 Å². The second kappa shape index (κ2) is 7.02. The largest absolute Gasteiger partial charge is 0.357 e. The van der Waals surface area contributed by atoms with Crippen LogP contribution in [0, 0.1) is 5.41 Å². The molecule has 1 fully saturated rings. The Balaban J connectivity index is 1.92. The van der Waals surface area contributed by atoms with E-state index in [-0.39, 0.29) is 17.2 Å². The van der Waals surface area contributed by atoms with E-state index in [0.717, 1.165) is 43.9 Å². The van der Waals surface area contributed by atoms with Gasteiger partial charge in [0.1, 0.15) is 11.9 Å². The molecular formula is C19H31N5O2. The summed E-state index contributed by atoms with van der Waals surface area (Å²) in [6, 6.07) is -0.606. The normalized spacial score (nSPS) is 19.4. The van der Waals surface area contributed by atoms with Crippen molar-refractivity contribution in [3.63, 3.8) is 0 Å². The third kappa shape index (κ3) is 3.77. The molecule has 0 aromatic carbocycles. The zero-order chi connectivity index (χ0) is 19.1. The monoisotopic (exact) mass is 361 g/mol. The van der Waals surface area contributed by atoms with Gasteiger partial charge in [0.05, 0.1) is 5.69 Å². The van der Waals surface area contributed by atoms with E-state index in [1.807, 2.05) is 20.8 Å². The Bertz CT molecular complexity index is 700. The number of rotatable bonds is 4. The number of nitrogens with zero attached hydrogens (tertiary/aromatic N) is 3. The van der Waals surface area contributed by atoms with E-state index < -0.39 is 6.04 Å². The Kier molecular flexibility index (Phi) is 5.10. The Hall–Kier alpha value is -1.89. The van der Waals surface area contributed by atoms with E-state index >= 15 is 0 Å². The van der Waals surface area contributed by atoms with Crippen LogP contribution in [0.15, 0.2) is 0 Å². The number of nitrogens with one attached hydrogen (secondary N) is 2.